The van der Waals surface area contributed by atoms with E-state index >= 15 is 0 Å². The van der Waals surface area contributed by atoms with E-state index in [0.29, 0.717) is 10.9 Å². The Morgan fingerprint density at radius 3 is 2.64 bits per heavy atom. The molecule has 1 amide bonds. The predicted molar refractivity (Wildman–Crippen MR) is 86.3 cm³/mol. The van der Waals surface area contributed by atoms with E-state index in [9.17, 15) is 23.5 Å². The SMILES string of the molecule is O=C(CCC(=O)c1ccc(F)c(F)c1)Nc1n[nH]c2cc(O)ccc12. The second kappa shape index (κ2) is 6.68. The van der Waals surface area contributed by atoms with Crippen LogP contribution in [0.4, 0.5) is 14.6 Å². The molecule has 3 N–H and O–H groups in total. The van der Waals surface area contributed by atoms with Crippen molar-refractivity contribution in [1.82, 2.24) is 10.2 Å². The molecule has 0 aliphatic rings. The van der Waals surface area contributed by atoms with Crippen LogP contribution in [0.15, 0.2) is 36.4 Å². The standard InChI is InChI=1S/C17H13F2N3O3/c18-12-4-1-9(7-13(12)19)15(24)5-6-16(25)20-17-11-3-2-10(23)8-14(11)21-22-17/h1-4,7-8,23H,5-6H2,(H2,20,21,22,25). The normalized spacial score (nSPS) is 10.8. The smallest absolute Gasteiger partial charge is 0.226 e. The van der Waals surface area contributed by atoms with Gasteiger partial charge in [0.25, 0.3) is 0 Å². The fourth-order valence-corrected chi connectivity index (χ4v) is 2.34. The zero-order valence-electron chi connectivity index (χ0n) is 12.8. The number of fused-ring (bicyclic) bond motifs is 1. The number of nitrogens with one attached hydrogen (secondary N) is 2. The van der Waals surface area contributed by atoms with Crippen LogP contribution >= 0.6 is 0 Å². The Morgan fingerprint density at radius 2 is 1.88 bits per heavy atom. The fraction of sp³-hybridized carbons (Fsp3) is 0.118. The number of ketones is 1. The number of hydrogen-bond donors (Lipinski definition) is 3. The number of amides is 1. The molecular formula is C17H13F2N3O3. The zero-order valence-corrected chi connectivity index (χ0v) is 12.8. The van der Waals surface area contributed by atoms with Gasteiger partial charge in [0.15, 0.2) is 23.2 Å². The third-order valence-electron chi connectivity index (χ3n) is 3.62. The molecule has 0 unspecified atom stereocenters. The molecule has 0 saturated carbocycles. The van der Waals surface area contributed by atoms with Crippen LogP contribution in [0.3, 0.4) is 0 Å². The van der Waals surface area contributed by atoms with Gasteiger partial charge in [-0.2, -0.15) is 5.10 Å². The second-order valence-corrected chi connectivity index (χ2v) is 5.40. The van der Waals surface area contributed by atoms with Crippen molar-refractivity contribution in [2.45, 2.75) is 12.8 Å². The lowest BCUT2D eigenvalue weighted by Gasteiger charge is -2.03. The topological polar surface area (TPSA) is 95.1 Å². The number of nitrogens with zero attached hydrogens (tertiary/aromatic N) is 1. The summed E-state index contributed by atoms with van der Waals surface area (Å²) in [7, 11) is 0. The van der Waals surface area contributed by atoms with Gasteiger partial charge in [-0.15, -0.1) is 0 Å². The van der Waals surface area contributed by atoms with Crippen molar-refractivity contribution in [3.05, 3.63) is 53.6 Å². The van der Waals surface area contributed by atoms with E-state index in [4.69, 9.17) is 0 Å². The van der Waals surface area contributed by atoms with E-state index in [1.807, 2.05) is 0 Å². The number of carbonyl (C=O) groups excluding carboxylic acids is 2. The molecule has 0 atom stereocenters. The lowest BCUT2D eigenvalue weighted by molar-refractivity contribution is -0.116. The van der Waals surface area contributed by atoms with Crippen molar-refractivity contribution >= 4 is 28.4 Å². The Morgan fingerprint density at radius 1 is 1.08 bits per heavy atom. The van der Waals surface area contributed by atoms with Crippen LogP contribution < -0.4 is 5.32 Å². The minimum absolute atomic E-state index is 0.00685. The number of carbonyl (C=O) groups is 2. The van der Waals surface area contributed by atoms with Crippen LogP contribution in [0, 0.1) is 11.6 Å². The van der Waals surface area contributed by atoms with E-state index in [2.05, 4.69) is 15.5 Å². The third-order valence-corrected chi connectivity index (χ3v) is 3.62. The molecule has 0 spiro atoms. The van der Waals surface area contributed by atoms with Gasteiger partial charge in [0.1, 0.15) is 5.75 Å². The number of phenolic OH excluding ortho intramolecular Hbond substituents is 1. The summed E-state index contributed by atoms with van der Waals surface area (Å²) in [6.45, 7) is 0. The quantitative estimate of drug-likeness (QED) is 0.619. The number of halogens is 2. The van der Waals surface area contributed by atoms with Gasteiger partial charge in [0.05, 0.1) is 5.52 Å². The van der Waals surface area contributed by atoms with Gasteiger partial charge in [0, 0.05) is 29.9 Å². The Labute approximate surface area is 140 Å². The molecular weight excluding hydrogens is 332 g/mol. The summed E-state index contributed by atoms with van der Waals surface area (Å²) in [5, 5.41) is 19.2. The molecule has 8 heteroatoms. The highest BCUT2D eigenvalue weighted by Crippen LogP contribution is 2.24. The average Bonchev–Trinajstić information content (AvgIpc) is 2.97. The van der Waals surface area contributed by atoms with Crippen molar-refractivity contribution in [3.8, 4) is 5.75 Å². The van der Waals surface area contributed by atoms with E-state index < -0.39 is 23.3 Å². The van der Waals surface area contributed by atoms with Crippen LogP contribution in [-0.4, -0.2) is 27.0 Å². The number of aromatic hydroxyl groups is 1. The van der Waals surface area contributed by atoms with Crippen LogP contribution in [-0.2, 0) is 4.79 Å². The number of anilines is 1. The van der Waals surface area contributed by atoms with Gasteiger partial charge in [0.2, 0.25) is 5.91 Å². The summed E-state index contributed by atoms with van der Waals surface area (Å²) in [4.78, 5) is 23.9. The highest BCUT2D eigenvalue weighted by molar-refractivity contribution is 6.02. The monoisotopic (exact) mass is 345 g/mol. The number of aromatic nitrogens is 2. The Bertz CT molecular complexity index is 969. The predicted octanol–water partition coefficient (Wildman–Crippen LogP) is 3.15. The van der Waals surface area contributed by atoms with Gasteiger partial charge < -0.3 is 10.4 Å². The van der Waals surface area contributed by atoms with Crippen molar-refractivity contribution in [3.63, 3.8) is 0 Å². The first-order valence-electron chi connectivity index (χ1n) is 7.39. The number of aromatic amines is 1. The number of phenols is 1. The van der Waals surface area contributed by atoms with E-state index in [0.717, 1.165) is 12.1 Å². The summed E-state index contributed by atoms with van der Waals surface area (Å²) in [5.74, 6) is -2.72. The van der Waals surface area contributed by atoms with Crippen LogP contribution in [0.1, 0.15) is 23.2 Å². The van der Waals surface area contributed by atoms with Crippen molar-refractivity contribution in [1.29, 1.82) is 0 Å². The number of hydrogen-bond acceptors (Lipinski definition) is 4. The van der Waals surface area contributed by atoms with Crippen LogP contribution in [0.25, 0.3) is 10.9 Å². The summed E-state index contributed by atoms with van der Waals surface area (Å²) < 4.78 is 26.0. The molecule has 0 fully saturated rings. The molecule has 2 aromatic carbocycles. The highest BCUT2D eigenvalue weighted by Gasteiger charge is 2.14. The summed E-state index contributed by atoms with van der Waals surface area (Å²) in [5.41, 5.74) is 0.556. The minimum atomic E-state index is -1.11. The first-order chi connectivity index (χ1) is 11.9. The maximum atomic E-state index is 13.1. The van der Waals surface area contributed by atoms with Crippen LogP contribution in [0.5, 0.6) is 5.75 Å². The Hall–Kier alpha value is -3.29. The first-order valence-corrected chi connectivity index (χ1v) is 7.39. The second-order valence-electron chi connectivity index (χ2n) is 5.40. The summed E-state index contributed by atoms with van der Waals surface area (Å²) >= 11 is 0. The molecule has 3 rings (SSSR count). The molecule has 0 aliphatic heterocycles. The van der Waals surface area contributed by atoms with Gasteiger partial charge in [-0.25, -0.2) is 8.78 Å². The highest BCUT2D eigenvalue weighted by atomic mass is 19.2. The number of benzene rings is 2. The van der Waals surface area contributed by atoms with E-state index in [1.54, 1.807) is 6.07 Å². The lowest BCUT2D eigenvalue weighted by Crippen LogP contribution is -2.14. The molecule has 6 nitrogen and oxygen atoms in total. The van der Waals surface area contributed by atoms with Gasteiger partial charge in [-0.3, -0.25) is 14.7 Å². The van der Waals surface area contributed by atoms with Crippen molar-refractivity contribution in [2.75, 3.05) is 5.32 Å². The summed E-state index contributed by atoms with van der Waals surface area (Å²) in [6, 6.07) is 7.37. The van der Waals surface area contributed by atoms with Crippen LogP contribution in [0.2, 0.25) is 0 Å². The number of H-pyrrole nitrogens is 1. The Kier molecular flexibility index (Phi) is 4.42. The Balaban J connectivity index is 1.62. The molecule has 1 heterocycles. The largest absolute Gasteiger partial charge is 0.508 e. The summed E-state index contributed by atoms with van der Waals surface area (Å²) in [6.07, 6.45) is -0.287. The van der Waals surface area contributed by atoms with Crippen molar-refractivity contribution in [2.24, 2.45) is 0 Å². The van der Waals surface area contributed by atoms with E-state index in [1.165, 1.54) is 18.2 Å². The van der Waals surface area contributed by atoms with Gasteiger partial charge in [-0.1, -0.05) is 0 Å². The lowest BCUT2D eigenvalue weighted by atomic mass is 10.1. The third kappa shape index (κ3) is 3.63. The minimum Gasteiger partial charge on any atom is -0.508 e. The zero-order chi connectivity index (χ0) is 18.0. The first kappa shape index (κ1) is 16.6. The number of rotatable bonds is 5. The maximum Gasteiger partial charge on any atom is 0.226 e. The van der Waals surface area contributed by atoms with Gasteiger partial charge in [-0.05, 0) is 30.3 Å². The molecule has 0 bridgehead atoms. The molecule has 25 heavy (non-hydrogen) atoms. The fourth-order valence-electron chi connectivity index (χ4n) is 2.34. The maximum absolute atomic E-state index is 13.1. The van der Waals surface area contributed by atoms with E-state index in [-0.39, 0.29) is 30.0 Å². The molecule has 1 aromatic heterocycles. The molecule has 3 aromatic rings. The average molecular weight is 345 g/mol. The molecule has 0 saturated heterocycles. The molecule has 0 radical (unpaired) electrons. The van der Waals surface area contributed by atoms with Crippen molar-refractivity contribution < 1.29 is 23.5 Å². The number of Topliss-reactive ketones (excluding diaryl/α,β-unsaturated/α-hetero) is 1. The van der Waals surface area contributed by atoms with Gasteiger partial charge >= 0.3 is 0 Å². The molecule has 0 aliphatic carbocycles. The molecule has 128 valence electrons.